The van der Waals surface area contributed by atoms with E-state index in [2.05, 4.69) is 9.97 Å². The minimum atomic E-state index is 0.0251. The maximum Gasteiger partial charge on any atom is 0.260 e. The van der Waals surface area contributed by atoms with Gasteiger partial charge in [0.2, 0.25) is 0 Å². The highest BCUT2D eigenvalue weighted by Crippen LogP contribution is 2.22. The summed E-state index contributed by atoms with van der Waals surface area (Å²) in [4.78, 5) is 22.6. The van der Waals surface area contributed by atoms with E-state index in [9.17, 15) is 4.79 Å². The fourth-order valence-corrected chi connectivity index (χ4v) is 3.76. The molecule has 2 heterocycles. The Morgan fingerprint density at radius 3 is 2.93 bits per heavy atom. The molecule has 3 aromatic rings. The number of nitrogens with one attached hydrogen (secondary N) is 1. The molecule has 6 nitrogen and oxygen atoms in total. The van der Waals surface area contributed by atoms with Crippen LogP contribution in [0.3, 0.4) is 0 Å². The van der Waals surface area contributed by atoms with Crippen molar-refractivity contribution in [3.05, 3.63) is 54.4 Å². The van der Waals surface area contributed by atoms with Crippen molar-refractivity contribution in [2.45, 2.75) is 19.3 Å². The summed E-state index contributed by atoms with van der Waals surface area (Å²) >= 11 is 0. The van der Waals surface area contributed by atoms with Gasteiger partial charge in [0, 0.05) is 25.6 Å². The summed E-state index contributed by atoms with van der Waals surface area (Å²) in [6.07, 6.45) is 2.97. The zero-order valence-corrected chi connectivity index (χ0v) is 16.1. The molecular formula is C22H25N3O3. The van der Waals surface area contributed by atoms with Crippen molar-refractivity contribution in [1.29, 1.82) is 0 Å². The van der Waals surface area contributed by atoms with E-state index in [0.717, 1.165) is 49.2 Å². The van der Waals surface area contributed by atoms with Gasteiger partial charge in [-0.2, -0.15) is 0 Å². The molecule has 1 N–H and O–H groups in total. The number of likely N-dealkylation sites (tertiary alicyclic amines) is 1. The van der Waals surface area contributed by atoms with E-state index in [-0.39, 0.29) is 12.5 Å². The maximum atomic E-state index is 12.6. The van der Waals surface area contributed by atoms with Gasteiger partial charge in [-0.15, -0.1) is 0 Å². The van der Waals surface area contributed by atoms with Crippen LogP contribution in [0.15, 0.2) is 48.5 Å². The van der Waals surface area contributed by atoms with Gasteiger partial charge in [-0.05, 0) is 43.0 Å². The number of H-pyrrole nitrogens is 1. The summed E-state index contributed by atoms with van der Waals surface area (Å²) in [7, 11) is 1.61. The summed E-state index contributed by atoms with van der Waals surface area (Å²) in [5.41, 5.74) is 2.06. The lowest BCUT2D eigenvalue weighted by Crippen LogP contribution is -2.42. The van der Waals surface area contributed by atoms with Crippen LogP contribution in [0.25, 0.3) is 11.0 Å². The van der Waals surface area contributed by atoms with Crippen molar-refractivity contribution in [2.24, 2.45) is 5.92 Å². The molecule has 2 aromatic carbocycles. The highest BCUT2D eigenvalue weighted by Gasteiger charge is 2.25. The van der Waals surface area contributed by atoms with Crippen LogP contribution in [0.2, 0.25) is 0 Å². The van der Waals surface area contributed by atoms with Gasteiger partial charge in [-0.25, -0.2) is 4.98 Å². The van der Waals surface area contributed by atoms with E-state index < -0.39 is 0 Å². The number of carbonyl (C=O) groups is 1. The number of fused-ring (bicyclic) bond motifs is 1. The number of carbonyl (C=O) groups excluding carboxylic acids is 1. The Balaban J connectivity index is 1.33. The summed E-state index contributed by atoms with van der Waals surface area (Å²) in [6.45, 7) is 1.58. The van der Waals surface area contributed by atoms with Crippen molar-refractivity contribution < 1.29 is 14.3 Å². The Morgan fingerprint density at radius 2 is 2.07 bits per heavy atom. The predicted molar refractivity (Wildman–Crippen MR) is 108 cm³/mol. The van der Waals surface area contributed by atoms with Crippen molar-refractivity contribution >= 4 is 16.9 Å². The third kappa shape index (κ3) is 4.27. The van der Waals surface area contributed by atoms with Crippen molar-refractivity contribution in [3.63, 3.8) is 0 Å². The molecule has 146 valence electrons. The molecule has 1 aliphatic heterocycles. The summed E-state index contributed by atoms with van der Waals surface area (Å²) in [5.74, 6) is 2.79. The van der Waals surface area contributed by atoms with E-state index in [1.807, 2.05) is 47.4 Å². The number of nitrogens with zero attached hydrogens (tertiary/aromatic N) is 2. The Hall–Kier alpha value is -3.02. The van der Waals surface area contributed by atoms with Gasteiger partial charge in [0.1, 0.15) is 17.3 Å². The van der Waals surface area contributed by atoms with Crippen LogP contribution < -0.4 is 9.47 Å². The molecule has 1 amide bonds. The van der Waals surface area contributed by atoms with Crippen LogP contribution in [0.1, 0.15) is 18.7 Å². The fourth-order valence-electron chi connectivity index (χ4n) is 3.76. The van der Waals surface area contributed by atoms with E-state index in [4.69, 9.17) is 9.47 Å². The third-order valence-corrected chi connectivity index (χ3v) is 5.20. The summed E-state index contributed by atoms with van der Waals surface area (Å²) < 4.78 is 10.9. The number of amides is 1. The Labute approximate surface area is 164 Å². The topological polar surface area (TPSA) is 67.5 Å². The second-order valence-electron chi connectivity index (χ2n) is 7.22. The molecule has 1 aliphatic rings. The van der Waals surface area contributed by atoms with Gasteiger partial charge in [0.05, 0.1) is 18.1 Å². The fraction of sp³-hybridized carbons (Fsp3) is 0.364. The highest BCUT2D eigenvalue weighted by molar-refractivity contribution is 5.78. The number of ether oxygens (including phenoxy) is 2. The van der Waals surface area contributed by atoms with Crippen LogP contribution in [0, 0.1) is 5.92 Å². The zero-order valence-electron chi connectivity index (χ0n) is 16.1. The molecule has 0 radical (unpaired) electrons. The Kier molecular flexibility index (Phi) is 5.46. The van der Waals surface area contributed by atoms with Gasteiger partial charge in [-0.1, -0.05) is 18.2 Å². The number of methoxy groups -OCH3 is 1. The molecule has 1 aromatic heterocycles. The van der Waals surface area contributed by atoms with Gasteiger partial charge < -0.3 is 19.4 Å². The van der Waals surface area contributed by atoms with E-state index in [1.165, 1.54) is 0 Å². The average Bonchev–Trinajstić information content (AvgIpc) is 3.14. The number of aromatic amines is 1. The van der Waals surface area contributed by atoms with Crippen molar-refractivity contribution in [3.8, 4) is 11.5 Å². The molecule has 0 saturated carbocycles. The number of hydrogen-bond acceptors (Lipinski definition) is 4. The predicted octanol–water partition coefficient (Wildman–Crippen LogP) is 3.43. The Morgan fingerprint density at radius 1 is 1.21 bits per heavy atom. The number of aromatic nitrogens is 2. The Bertz CT molecular complexity index is 920. The summed E-state index contributed by atoms with van der Waals surface area (Å²) in [6, 6.07) is 15.4. The smallest absolute Gasteiger partial charge is 0.260 e. The van der Waals surface area contributed by atoms with E-state index >= 15 is 0 Å². The lowest BCUT2D eigenvalue weighted by molar-refractivity contribution is -0.135. The van der Waals surface area contributed by atoms with E-state index in [0.29, 0.717) is 17.4 Å². The molecule has 1 atom stereocenters. The lowest BCUT2D eigenvalue weighted by atomic mass is 9.94. The zero-order chi connectivity index (χ0) is 19.3. The second-order valence-corrected chi connectivity index (χ2v) is 7.22. The molecule has 1 fully saturated rings. The standard InChI is InChI=1S/C22H25N3O3/c1-27-17-7-4-8-18(13-17)28-15-22(26)25-11-5-6-16(14-25)12-21-23-19-9-2-3-10-20(19)24-21/h2-4,7-10,13,16H,5-6,11-12,14-15H2,1H3,(H,23,24)/t16-/m1/s1. The van der Waals surface area contributed by atoms with Gasteiger partial charge in [0.25, 0.3) is 5.91 Å². The van der Waals surface area contributed by atoms with Gasteiger partial charge in [-0.3, -0.25) is 4.79 Å². The first-order valence-corrected chi connectivity index (χ1v) is 9.69. The maximum absolute atomic E-state index is 12.6. The third-order valence-electron chi connectivity index (χ3n) is 5.20. The molecule has 6 heteroatoms. The lowest BCUT2D eigenvalue weighted by Gasteiger charge is -2.32. The number of imidazole rings is 1. The second kappa shape index (κ2) is 8.33. The normalized spacial score (nSPS) is 16.9. The molecule has 0 unspecified atom stereocenters. The van der Waals surface area contributed by atoms with Crippen LogP contribution in [-0.4, -0.2) is 47.6 Å². The average molecular weight is 379 g/mol. The number of hydrogen-bond donors (Lipinski definition) is 1. The molecule has 0 aliphatic carbocycles. The number of para-hydroxylation sites is 2. The number of benzene rings is 2. The van der Waals surface area contributed by atoms with Gasteiger partial charge >= 0.3 is 0 Å². The van der Waals surface area contributed by atoms with Gasteiger partial charge in [0.15, 0.2) is 6.61 Å². The molecule has 1 saturated heterocycles. The number of rotatable bonds is 6. The minimum Gasteiger partial charge on any atom is -0.497 e. The van der Waals surface area contributed by atoms with Crippen LogP contribution in [0.5, 0.6) is 11.5 Å². The largest absolute Gasteiger partial charge is 0.497 e. The van der Waals surface area contributed by atoms with Crippen LogP contribution in [0.4, 0.5) is 0 Å². The van der Waals surface area contributed by atoms with Crippen LogP contribution in [-0.2, 0) is 11.2 Å². The first kappa shape index (κ1) is 18.3. The van der Waals surface area contributed by atoms with E-state index in [1.54, 1.807) is 13.2 Å². The van der Waals surface area contributed by atoms with Crippen molar-refractivity contribution in [2.75, 3.05) is 26.8 Å². The van der Waals surface area contributed by atoms with Crippen molar-refractivity contribution in [1.82, 2.24) is 14.9 Å². The molecular weight excluding hydrogens is 354 g/mol. The molecule has 0 bridgehead atoms. The molecule has 28 heavy (non-hydrogen) atoms. The molecule has 4 rings (SSSR count). The van der Waals surface area contributed by atoms with Crippen LogP contribution >= 0.6 is 0 Å². The quantitative estimate of drug-likeness (QED) is 0.712. The number of piperidine rings is 1. The highest BCUT2D eigenvalue weighted by atomic mass is 16.5. The first-order chi connectivity index (χ1) is 13.7. The first-order valence-electron chi connectivity index (χ1n) is 9.69. The minimum absolute atomic E-state index is 0.0251. The summed E-state index contributed by atoms with van der Waals surface area (Å²) in [5, 5.41) is 0. The monoisotopic (exact) mass is 379 g/mol. The molecule has 0 spiro atoms. The SMILES string of the molecule is COc1cccc(OCC(=O)N2CCC[C@H](Cc3nc4ccccc4[nH]3)C2)c1.